The van der Waals surface area contributed by atoms with E-state index < -0.39 is 11.7 Å². The number of phenolic OH excluding ortho intramolecular Hbond substituents is 1. The van der Waals surface area contributed by atoms with Gasteiger partial charge in [-0.2, -0.15) is 5.26 Å². The van der Waals surface area contributed by atoms with Gasteiger partial charge in [-0.05, 0) is 24.3 Å². The molecule has 2 N–H and O–H groups in total. The third-order valence-corrected chi connectivity index (χ3v) is 2.82. The van der Waals surface area contributed by atoms with Gasteiger partial charge in [0.15, 0.2) is 0 Å². The van der Waals surface area contributed by atoms with Crippen molar-refractivity contribution in [1.82, 2.24) is 0 Å². The number of amides is 1. The normalized spacial score (nSPS) is 9.76. The van der Waals surface area contributed by atoms with E-state index in [1.807, 2.05) is 0 Å². The first-order valence-electron chi connectivity index (χ1n) is 5.93. The Morgan fingerprint density at radius 2 is 2.14 bits per heavy atom. The van der Waals surface area contributed by atoms with Gasteiger partial charge < -0.3 is 15.2 Å². The number of methoxy groups -OCH3 is 1. The van der Waals surface area contributed by atoms with Crippen LogP contribution in [-0.2, 0) is 0 Å². The first kappa shape index (κ1) is 14.3. The molecule has 2 aromatic rings. The number of carbonyl (C=O) groups is 1. The first-order chi connectivity index (χ1) is 10.1. The summed E-state index contributed by atoms with van der Waals surface area (Å²) in [7, 11) is 1.43. The molecule has 0 fully saturated rings. The number of anilines is 1. The number of hydrogen-bond donors (Lipinski definition) is 2. The second-order valence-electron chi connectivity index (χ2n) is 4.11. The molecule has 0 spiro atoms. The molecular formula is C15H11FN2O3. The highest BCUT2D eigenvalue weighted by Crippen LogP contribution is 2.25. The maximum atomic E-state index is 13.4. The Balaban J connectivity index is 2.31. The SMILES string of the molecule is COc1ccc(C(=O)Nc2cccc(F)c2C#N)c(O)c1. The molecule has 6 heteroatoms. The monoisotopic (exact) mass is 286 g/mol. The molecule has 0 atom stereocenters. The minimum Gasteiger partial charge on any atom is -0.507 e. The van der Waals surface area contributed by atoms with E-state index in [1.165, 1.54) is 37.4 Å². The van der Waals surface area contributed by atoms with E-state index in [0.717, 1.165) is 6.07 Å². The van der Waals surface area contributed by atoms with Gasteiger partial charge in [0.1, 0.15) is 28.9 Å². The molecular weight excluding hydrogens is 275 g/mol. The van der Waals surface area contributed by atoms with Gasteiger partial charge in [-0.3, -0.25) is 4.79 Å². The molecule has 5 nitrogen and oxygen atoms in total. The highest BCUT2D eigenvalue weighted by Gasteiger charge is 2.15. The van der Waals surface area contributed by atoms with E-state index in [2.05, 4.69) is 5.32 Å². The molecule has 106 valence electrons. The molecule has 2 rings (SSSR count). The van der Waals surface area contributed by atoms with Crippen molar-refractivity contribution >= 4 is 11.6 Å². The van der Waals surface area contributed by atoms with Crippen LogP contribution in [0.2, 0.25) is 0 Å². The van der Waals surface area contributed by atoms with Gasteiger partial charge in [0.05, 0.1) is 18.4 Å². The molecule has 0 bridgehead atoms. The Labute approximate surface area is 120 Å². The molecule has 2 aromatic carbocycles. The summed E-state index contributed by atoms with van der Waals surface area (Å²) in [6.45, 7) is 0. The lowest BCUT2D eigenvalue weighted by Gasteiger charge is -2.09. The van der Waals surface area contributed by atoms with E-state index in [1.54, 1.807) is 6.07 Å². The number of halogens is 1. The highest BCUT2D eigenvalue weighted by molar-refractivity contribution is 6.06. The Morgan fingerprint density at radius 1 is 1.38 bits per heavy atom. The van der Waals surface area contributed by atoms with E-state index in [-0.39, 0.29) is 22.6 Å². The van der Waals surface area contributed by atoms with Crippen LogP contribution in [0.4, 0.5) is 10.1 Å². The zero-order valence-electron chi connectivity index (χ0n) is 11.1. The summed E-state index contributed by atoms with van der Waals surface area (Å²) >= 11 is 0. The largest absolute Gasteiger partial charge is 0.507 e. The van der Waals surface area contributed by atoms with Gasteiger partial charge in [0.2, 0.25) is 0 Å². The van der Waals surface area contributed by atoms with Gasteiger partial charge in [0, 0.05) is 6.07 Å². The van der Waals surface area contributed by atoms with Crippen molar-refractivity contribution in [2.45, 2.75) is 0 Å². The molecule has 21 heavy (non-hydrogen) atoms. The predicted octanol–water partition coefficient (Wildman–Crippen LogP) is 2.66. The predicted molar refractivity (Wildman–Crippen MR) is 73.7 cm³/mol. The number of ether oxygens (including phenoxy) is 1. The molecule has 0 aliphatic heterocycles. The quantitative estimate of drug-likeness (QED) is 0.908. The summed E-state index contributed by atoms with van der Waals surface area (Å²) in [5.41, 5.74) is -0.236. The Hall–Kier alpha value is -3.07. The minimum absolute atomic E-state index is 0.0102. The van der Waals surface area contributed by atoms with Gasteiger partial charge in [-0.1, -0.05) is 6.07 Å². The Morgan fingerprint density at radius 3 is 2.76 bits per heavy atom. The first-order valence-corrected chi connectivity index (χ1v) is 5.93. The number of benzene rings is 2. The second-order valence-corrected chi connectivity index (χ2v) is 4.11. The van der Waals surface area contributed by atoms with Gasteiger partial charge in [-0.15, -0.1) is 0 Å². The number of carbonyl (C=O) groups excluding carboxylic acids is 1. The Kier molecular flexibility index (Phi) is 4.05. The summed E-state index contributed by atoms with van der Waals surface area (Å²) in [6, 6.07) is 9.74. The van der Waals surface area contributed by atoms with Crippen LogP contribution in [0.5, 0.6) is 11.5 Å². The summed E-state index contributed by atoms with van der Waals surface area (Å²) in [5, 5.41) is 21.1. The van der Waals surface area contributed by atoms with Crippen LogP contribution < -0.4 is 10.1 Å². The topological polar surface area (TPSA) is 82.3 Å². The van der Waals surface area contributed by atoms with E-state index in [9.17, 15) is 14.3 Å². The van der Waals surface area contributed by atoms with Crippen LogP contribution in [-0.4, -0.2) is 18.1 Å². The number of phenols is 1. The third-order valence-electron chi connectivity index (χ3n) is 2.82. The van der Waals surface area contributed by atoms with Gasteiger partial charge >= 0.3 is 0 Å². The zero-order valence-corrected chi connectivity index (χ0v) is 11.1. The number of nitrogens with one attached hydrogen (secondary N) is 1. The molecule has 0 aromatic heterocycles. The molecule has 0 saturated heterocycles. The van der Waals surface area contributed by atoms with Crippen LogP contribution in [0, 0.1) is 17.1 Å². The van der Waals surface area contributed by atoms with Crippen molar-refractivity contribution in [3.63, 3.8) is 0 Å². The fourth-order valence-corrected chi connectivity index (χ4v) is 1.76. The van der Waals surface area contributed by atoms with Crippen molar-refractivity contribution in [3.8, 4) is 17.6 Å². The lowest BCUT2D eigenvalue weighted by atomic mass is 10.1. The number of aromatic hydroxyl groups is 1. The van der Waals surface area contributed by atoms with E-state index in [4.69, 9.17) is 10.00 Å². The van der Waals surface area contributed by atoms with Crippen LogP contribution >= 0.6 is 0 Å². The van der Waals surface area contributed by atoms with E-state index >= 15 is 0 Å². The fourth-order valence-electron chi connectivity index (χ4n) is 1.76. The third kappa shape index (κ3) is 2.92. The maximum Gasteiger partial charge on any atom is 0.259 e. The van der Waals surface area contributed by atoms with Crippen molar-refractivity contribution in [2.75, 3.05) is 12.4 Å². The van der Waals surface area contributed by atoms with Gasteiger partial charge in [-0.25, -0.2) is 4.39 Å². The maximum absolute atomic E-state index is 13.4. The van der Waals surface area contributed by atoms with Crippen LogP contribution in [0.1, 0.15) is 15.9 Å². The Bertz CT molecular complexity index is 738. The van der Waals surface area contributed by atoms with Crippen molar-refractivity contribution in [1.29, 1.82) is 5.26 Å². The van der Waals surface area contributed by atoms with Crippen molar-refractivity contribution in [3.05, 3.63) is 53.3 Å². The molecule has 0 saturated carbocycles. The summed E-state index contributed by atoms with van der Waals surface area (Å²) in [4.78, 5) is 12.1. The van der Waals surface area contributed by atoms with Crippen molar-refractivity contribution in [2.24, 2.45) is 0 Å². The number of nitrogens with zero attached hydrogens (tertiary/aromatic N) is 1. The average molecular weight is 286 g/mol. The van der Waals surface area contributed by atoms with E-state index in [0.29, 0.717) is 5.75 Å². The molecule has 0 radical (unpaired) electrons. The molecule has 0 aliphatic carbocycles. The minimum atomic E-state index is -0.728. The summed E-state index contributed by atoms with van der Waals surface area (Å²) in [6.07, 6.45) is 0. The average Bonchev–Trinajstić information content (AvgIpc) is 2.47. The number of hydrogen-bond acceptors (Lipinski definition) is 4. The van der Waals surface area contributed by atoms with Crippen LogP contribution in [0.25, 0.3) is 0 Å². The van der Waals surface area contributed by atoms with Crippen molar-refractivity contribution < 1.29 is 19.0 Å². The number of nitriles is 1. The molecule has 0 aliphatic rings. The molecule has 0 heterocycles. The second kappa shape index (κ2) is 5.92. The number of rotatable bonds is 3. The lowest BCUT2D eigenvalue weighted by molar-refractivity contribution is 0.102. The zero-order chi connectivity index (χ0) is 15.4. The summed E-state index contributed by atoms with van der Waals surface area (Å²) in [5.74, 6) is -1.26. The molecule has 0 unspecified atom stereocenters. The summed E-state index contributed by atoms with van der Waals surface area (Å²) < 4.78 is 18.4. The fraction of sp³-hybridized carbons (Fsp3) is 0.0667. The highest BCUT2D eigenvalue weighted by atomic mass is 19.1. The molecule has 1 amide bonds. The van der Waals surface area contributed by atoms with Crippen LogP contribution in [0.15, 0.2) is 36.4 Å². The lowest BCUT2D eigenvalue weighted by Crippen LogP contribution is -2.13. The standard InChI is InChI=1S/C15H11FN2O3/c1-21-9-5-6-10(14(19)7-9)15(20)18-13-4-2-3-12(16)11(13)8-17/h2-7,19H,1H3,(H,18,20). The van der Waals surface area contributed by atoms with Crippen LogP contribution in [0.3, 0.4) is 0 Å². The smallest absolute Gasteiger partial charge is 0.259 e. The van der Waals surface area contributed by atoms with Gasteiger partial charge in [0.25, 0.3) is 5.91 Å².